The van der Waals surface area contributed by atoms with Crippen LogP contribution < -0.4 is 10.6 Å². The molecule has 0 unspecified atom stereocenters. The van der Waals surface area contributed by atoms with E-state index < -0.39 is 17.9 Å². The topological polar surface area (TPSA) is 93.7 Å². The number of hydrogen-bond donors (Lipinski definition) is 3. The average molecular weight is 544 g/mol. The van der Waals surface area contributed by atoms with Crippen LogP contribution in [-0.2, 0) is 42.3 Å². The van der Waals surface area contributed by atoms with Gasteiger partial charge in [0.2, 0.25) is 0 Å². The molecule has 1 radical (unpaired) electrons. The summed E-state index contributed by atoms with van der Waals surface area (Å²) in [4.78, 5) is 0. The molecule has 2 aromatic carbocycles. The van der Waals surface area contributed by atoms with E-state index in [1.54, 1.807) is 42.5 Å². The third-order valence-corrected chi connectivity index (χ3v) is 4.11. The Labute approximate surface area is 210 Å². The summed E-state index contributed by atoms with van der Waals surface area (Å²) in [7, 11) is 0. The van der Waals surface area contributed by atoms with Gasteiger partial charge >= 0.3 is 23.2 Å². The second-order valence-electron chi connectivity index (χ2n) is 6.12. The van der Waals surface area contributed by atoms with E-state index in [9.17, 15) is 18.3 Å². The van der Waals surface area contributed by atoms with Crippen molar-refractivity contribution in [3.8, 4) is 5.75 Å². The first-order chi connectivity index (χ1) is 15.2. The molecule has 3 N–H and O–H groups in total. The molecule has 0 spiro atoms. The monoisotopic (exact) mass is 543 g/mol. The van der Waals surface area contributed by atoms with Gasteiger partial charge < -0.3 is 41.0 Å². The SMILES string of the molecule is CCNC([S-])=NN=C(C(=NN=C([S-])NCC(F)(F)F)c1ccccc1)c1ccc(O)cc1.[Cu+2]. The fourth-order valence-corrected chi connectivity index (χ4v) is 2.59. The number of halogens is 3. The first kappa shape index (κ1) is 28.3. The summed E-state index contributed by atoms with van der Waals surface area (Å²) in [6.45, 7) is 1.05. The summed E-state index contributed by atoms with van der Waals surface area (Å²) in [5.41, 5.74) is 1.48. The van der Waals surface area contributed by atoms with E-state index in [1.165, 1.54) is 12.1 Å². The van der Waals surface area contributed by atoms with Gasteiger partial charge in [-0.1, -0.05) is 30.3 Å². The molecule has 2 rings (SSSR count). The molecular weight excluding hydrogens is 525 g/mol. The number of amidine groups is 2. The molecule has 0 aliphatic carbocycles. The molecule has 0 aromatic heterocycles. The van der Waals surface area contributed by atoms with Crippen LogP contribution in [0.3, 0.4) is 0 Å². The molecule has 0 saturated heterocycles. The maximum Gasteiger partial charge on any atom is 2.00 e. The second-order valence-corrected chi connectivity index (χ2v) is 6.89. The predicted molar refractivity (Wildman–Crippen MR) is 125 cm³/mol. The van der Waals surface area contributed by atoms with Crippen LogP contribution in [0.2, 0.25) is 0 Å². The molecule has 179 valence electrons. The first-order valence-corrected chi connectivity index (χ1v) is 10.1. The minimum Gasteiger partial charge on any atom is -0.741 e. The van der Waals surface area contributed by atoms with Gasteiger partial charge in [-0.05, 0) is 41.5 Å². The quantitative estimate of drug-likeness (QED) is 0.164. The third kappa shape index (κ3) is 10.2. The molecule has 0 fully saturated rings. The van der Waals surface area contributed by atoms with Crippen LogP contribution >= 0.6 is 0 Å². The van der Waals surface area contributed by atoms with Crippen molar-refractivity contribution >= 4 is 47.0 Å². The fraction of sp³-hybridized carbons (Fsp3) is 0.200. The molecule has 0 heterocycles. The molecule has 7 nitrogen and oxygen atoms in total. The van der Waals surface area contributed by atoms with Crippen molar-refractivity contribution < 1.29 is 35.3 Å². The smallest absolute Gasteiger partial charge is 0.741 e. The van der Waals surface area contributed by atoms with Crippen LogP contribution in [0.5, 0.6) is 5.75 Å². The van der Waals surface area contributed by atoms with Crippen LogP contribution in [0, 0.1) is 0 Å². The summed E-state index contributed by atoms with van der Waals surface area (Å²) >= 11 is 9.94. The summed E-state index contributed by atoms with van der Waals surface area (Å²) in [5, 5.41) is 30.1. The fourth-order valence-electron chi connectivity index (χ4n) is 2.29. The number of aromatic hydroxyl groups is 1. The van der Waals surface area contributed by atoms with E-state index in [2.05, 4.69) is 25.7 Å². The molecule has 33 heavy (non-hydrogen) atoms. The zero-order valence-corrected chi connectivity index (χ0v) is 19.7. The Hall–Kier alpha value is -2.73. The van der Waals surface area contributed by atoms with E-state index in [0.29, 0.717) is 17.7 Å². The standard InChI is InChI=1S/C20H21F3N6OS2.Cu/c1-2-24-18(31)28-27-17(14-8-10-15(30)11-9-14)16(13-6-4-3-5-7-13)26-29-19(32)25-12-20(21,22)23;/h3-11,30H,2,12H2,1H3,(H2,24,28,31)(H2,25,29,32);/q;+2/p-2. The van der Waals surface area contributed by atoms with Crippen LogP contribution in [0.1, 0.15) is 18.1 Å². The number of alkyl halides is 3. The zero-order valence-electron chi connectivity index (χ0n) is 17.1. The van der Waals surface area contributed by atoms with E-state index in [-0.39, 0.29) is 39.4 Å². The van der Waals surface area contributed by atoms with Gasteiger partial charge in [0.05, 0.1) is 0 Å². The largest absolute Gasteiger partial charge is 2.00 e. The van der Waals surface area contributed by atoms with Crippen molar-refractivity contribution in [2.75, 3.05) is 13.1 Å². The number of benzene rings is 2. The normalized spacial score (nSPS) is 13.3. The predicted octanol–water partition coefficient (Wildman–Crippen LogP) is 3.07. The van der Waals surface area contributed by atoms with E-state index in [1.807, 2.05) is 12.2 Å². The van der Waals surface area contributed by atoms with Crippen molar-refractivity contribution in [3.63, 3.8) is 0 Å². The van der Waals surface area contributed by atoms with E-state index in [0.717, 1.165) is 0 Å². The van der Waals surface area contributed by atoms with Gasteiger partial charge in [0.25, 0.3) is 0 Å². The second kappa shape index (κ2) is 13.7. The molecule has 0 bridgehead atoms. The van der Waals surface area contributed by atoms with Crippen LogP contribution in [0.25, 0.3) is 0 Å². The van der Waals surface area contributed by atoms with E-state index in [4.69, 9.17) is 25.3 Å². The molecule has 0 amide bonds. The Bertz CT molecular complexity index is 1010. The zero-order chi connectivity index (χ0) is 23.6. The molecule has 0 saturated carbocycles. The Balaban J connectivity index is 0.00000544. The first-order valence-electron chi connectivity index (χ1n) is 9.24. The number of nitrogens with zero attached hydrogens (tertiary/aromatic N) is 4. The summed E-state index contributed by atoms with van der Waals surface area (Å²) in [6.07, 6.45) is -4.45. The van der Waals surface area contributed by atoms with Crippen molar-refractivity contribution in [3.05, 3.63) is 65.7 Å². The van der Waals surface area contributed by atoms with Crippen LogP contribution in [0.4, 0.5) is 13.2 Å². The minimum absolute atomic E-state index is 0. The van der Waals surface area contributed by atoms with Gasteiger partial charge in [-0.15, -0.1) is 10.2 Å². The van der Waals surface area contributed by atoms with Crippen molar-refractivity contribution in [2.45, 2.75) is 13.1 Å². The van der Waals surface area contributed by atoms with Crippen LogP contribution in [-0.4, -0.2) is 46.1 Å². The average Bonchev–Trinajstić information content (AvgIpc) is 2.75. The number of rotatable bonds is 7. The van der Waals surface area contributed by atoms with Crippen molar-refractivity contribution in [2.24, 2.45) is 20.4 Å². The van der Waals surface area contributed by atoms with E-state index >= 15 is 0 Å². The molecule has 0 aliphatic rings. The summed E-state index contributed by atoms with van der Waals surface area (Å²) < 4.78 is 37.3. The number of nitrogens with one attached hydrogen (secondary N) is 2. The molecule has 13 heteroatoms. The number of phenols is 1. The van der Waals surface area contributed by atoms with Gasteiger partial charge in [-0.3, -0.25) is 0 Å². The van der Waals surface area contributed by atoms with Gasteiger partial charge in [0, 0.05) is 17.7 Å². The van der Waals surface area contributed by atoms with Gasteiger partial charge in [0.15, 0.2) is 0 Å². The Morgan fingerprint density at radius 3 is 1.79 bits per heavy atom. The maximum absolute atomic E-state index is 12.4. The Kier molecular flexibility index (Phi) is 11.8. The minimum atomic E-state index is -4.45. The molecule has 2 aromatic rings. The Morgan fingerprint density at radius 2 is 1.30 bits per heavy atom. The maximum atomic E-state index is 12.4. The summed E-state index contributed by atoms with van der Waals surface area (Å²) in [5.74, 6) is 0.0358. The van der Waals surface area contributed by atoms with Crippen LogP contribution in [0.15, 0.2) is 75.0 Å². The molecular formula is C20H19CuF3N6OS2. The van der Waals surface area contributed by atoms with Gasteiger partial charge in [0.1, 0.15) is 23.7 Å². The van der Waals surface area contributed by atoms with Crippen molar-refractivity contribution in [1.29, 1.82) is 0 Å². The Morgan fingerprint density at radius 1 is 0.818 bits per heavy atom. The number of hydrogen-bond acceptors (Lipinski definition) is 7. The molecule has 0 aliphatic heterocycles. The van der Waals surface area contributed by atoms with Gasteiger partial charge in [-0.2, -0.15) is 23.4 Å². The number of phenolic OH excluding ortho intramolecular Hbond substituents is 1. The van der Waals surface area contributed by atoms with Crippen molar-refractivity contribution in [1.82, 2.24) is 10.6 Å². The van der Waals surface area contributed by atoms with Gasteiger partial charge in [-0.25, -0.2) is 0 Å². The third-order valence-electron chi connectivity index (χ3n) is 3.66. The summed E-state index contributed by atoms with van der Waals surface area (Å²) in [6, 6.07) is 14.8. The molecule has 0 atom stereocenters.